The first-order valence-corrected chi connectivity index (χ1v) is 8.26. The van der Waals surface area contributed by atoms with Crippen molar-refractivity contribution in [3.8, 4) is 16.9 Å². The molecular formula is C21H26O2. The molecule has 0 aliphatic rings. The first kappa shape index (κ1) is 17.3. The monoisotopic (exact) mass is 310 g/mol. The molecule has 0 radical (unpaired) electrons. The highest BCUT2D eigenvalue weighted by Crippen LogP contribution is 2.29. The summed E-state index contributed by atoms with van der Waals surface area (Å²) in [6.45, 7) is 7.50. The minimum Gasteiger partial charge on any atom is -0.508 e. The number of hydrogen-bond donors (Lipinski definition) is 1. The lowest BCUT2D eigenvalue weighted by molar-refractivity contribution is 0.165. The Morgan fingerprint density at radius 1 is 1.09 bits per heavy atom. The zero-order valence-corrected chi connectivity index (χ0v) is 14.3. The van der Waals surface area contributed by atoms with Crippen LogP contribution in [-0.2, 0) is 17.6 Å². The van der Waals surface area contributed by atoms with E-state index in [0.717, 1.165) is 17.5 Å². The molecule has 0 amide bonds. The van der Waals surface area contributed by atoms with Crippen LogP contribution < -0.4 is 0 Å². The molecule has 0 aliphatic carbocycles. The molecule has 0 spiro atoms. The molecule has 2 aromatic carbocycles. The van der Waals surface area contributed by atoms with Crippen molar-refractivity contribution >= 4 is 0 Å². The van der Waals surface area contributed by atoms with Crippen molar-refractivity contribution in [1.29, 1.82) is 0 Å². The Labute approximate surface area is 139 Å². The highest BCUT2D eigenvalue weighted by Gasteiger charge is 2.08. The van der Waals surface area contributed by atoms with Gasteiger partial charge in [0, 0.05) is 0 Å². The van der Waals surface area contributed by atoms with Crippen LogP contribution in [0.4, 0.5) is 0 Å². The number of hydrogen-bond acceptors (Lipinski definition) is 2. The summed E-state index contributed by atoms with van der Waals surface area (Å²) in [4.78, 5) is 0. The van der Waals surface area contributed by atoms with Crippen molar-refractivity contribution in [2.45, 2.75) is 33.6 Å². The van der Waals surface area contributed by atoms with Crippen molar-refractivity contribution in [2.75, 3.05) is 13.2 Å². The second kappa shape index (κ2) is 8.54. The molecule has 0 saturated carbocycles. The van der Waals surface area contributed by atoms with E-state index in [4.69, 9.17) is 4.74 Å². The Balaban J connectivity index is 2.19. The number of aryl methyl sites for hydroxylation is 2. The smallest absolute Gasteiger partial charge is 0.118 e. The average Bonchev–Trinajstić information content (AvgIpc) is 2.56. The van der Waals surface area contributed by atoms with Crippen molar-refractivity contribution < 1.29 is 9.84 Å². The molecule has 0 atom stereocenters. The van der Waals surface area contributed by atoms with Crippen LogP contribution in [0.15, 0.2) is 48.6 Å². The van der Waals surface area contributed by atoms with E-state index in [2.05, 4.69) is 38.1 Å². The largest absolute Gasteiger partial charge is 0.508 e. The number of benzene rings is 2. The summed E-state index contributed by atoms with van der Waals surface area (Å²) in [5.41, 5.74) is 5.95. The number of ether oxygens (including phenoxy) is 1. The van der Waals surface area contributed by atoms with Crippen molar-refractivity contribution in [2.24, 2.45) is 0 Å². The lowest BCUT2D eigenvalue weighted by atomic mass is 9.94. The molecule has 23 heavy (non-hydrogen) atoms. The Morgan fingerprint density at radius 3 is 2.65 bits per heavy atom. The van der Waals surface area contributed by atoms with E-state index in [9.17, 15) is 5.11 Å². The summed E-state index contributed by atoms with van der Waals surface area (Å²) in [5, 5.41) is 10.1. The molecule has 2 aromatic rings. The predicted molar refractivity (Wildman–Crippen MR) is 97.0 cm³/mol. The third-order valence-electron chi connectivity index (χ3n) is 4.00. The van der Waals surface area contributed by atoms with Gasteiger partial charge in [-0.15, -0.1) is 0 Å². The normalized spacial score (nSPS) is 11.3. The quantitative estimate of drug-likeness (QED) is 0.572. The van der Waals surface area contributed by atoms with Crippen LogP contribution >= 0.6 is 0 Å². The van der Waals surface area contributed by atoms with Gasteiger partial charge in [-0.3, -0.25) is 0 Å². The van der Waals surface area contributed by atoms with Crippen LogP contribution in [0.3, 0.4) is 0 Å². The predicted octanol–water partition coefficient (Wildman–Crippen LogP) is 5.07. The van der Waals surface area contributed by atoms with E-state index in [1.807, 2.05) is 25.1 Å². The van der Waals surface area contributed by atoms with E-state index in [1.165, 1.54) is 16.7 Å². The molecule has 2 rings (SSSR count). The minimum absolute atomic E-state index is 0.341. The van der Waals surface area contributed by atoms with Gasteiger partial charge in [-0.1, -0.05) is 48.9 Å². The summed E-state index contributed by atoms with van der Waals surface area (Å²) in [6.07, 6.45) is 5.67. The zero-order valence-electron chi connectivity index (χ0n) is 14.3. The molecule has 0 fully saturated rings. The first-order chi connectivity index (χ1) is 11.2. The summed E-state index contributed by atoms with van der Waals surface area (Å²) in [5.74, 6) is 0.341. The number of phenols is 1. The SMILES string of the molecule is C/C=C/COCCc1cc(-c2ccc(C)cc2CC)ccc1O. The molecule has 0 heterocycles. The molecule has 122 valence electrons. The van der Waals surface area contributed by atoms with Crippen LogP contribution in [0.5, 0.6) is 5.75 Å². The van der Waals surface area contributed by atoms with E-state index >= 15 is 0 Å². The van der Waals surface area contributed by atoms with E-state index in [0.29, 0.717) is 25.4 Å². The Morgan fingerprint density at radius 2 is 1.91 bits per heavy atom. The molecule has 0 saturated heterocycles. The topological polar surface area (TPSA) is 29.5 Å². The fourth-order valence-corrected chi connectivity index (χ4v) is 2.68. The van der Waals surface area contributed by atoms with Crippen LogP contribution in [0, 0.1) is 6.92 Å². The van der Waals surface area contributed by atoms with Gasteiger partial charge in [-0.2, -0.15) is 0 Å². The third-order valence-corrected chi connectivity index (χ3v) is 4.00. The van der Waals surface area contributed by atoms with Gasteiger partial charge in [-0.25, -0.2) is 0 Å². The van der Waals surface area contributed by atoms with Gasteiger partial charge in [0.1, 0.15) is 5.75 Å². The average molecular weight is 310 g/mol. The number of rotatable bonds is 7. The van der Waals surface area contributed by atoms with Gasteiger partial charge in [0.25, 0.3) is 0 Å². The first-order valence-electron chi connectivity index (χ1n) is 8.26. The van der Waals surface area contributed by atoms with Crippen LogP contribution in [0.2, 0.25) is 0 Å². The zero-order chi connectivity index (χ0) is 16.7. The standard InChI is InChI=1S/C21H26O2/c1-4-6-12-23-13-11-19-15-18(8-10-21(19)22)20-9-7-16(3)14-17(20)5-2/h4,6-10,14-15,22H,5,11-13H2,1-3H3/b6-4+. The van der Waals surface area contributed by atoms with Gasteiger partial charge in [0.05, 0.1) is 13.2 Å². The summed E-state index contributed by atoms with van der Waals surface area (Å²) < 4.78 is 5.54. The van der Waals surface area contributed by atoms with Gasteiger partial charge < -0.3 is 9.84 Å². The van der Waals surface area contributed by atoms with Crippen molar-refractivity contribution in [3.63, 3.8) is 0 Å². The number of phenolic OH excluding ortho intramolecular Hbond substituents is 1. The highest BCUT2D eigenvalue weighted by molar-refractivity contribution is 5.69. The fourth-order valence-electron chi connectivity index (χ4n) is 2.68. The van der Waals surface area contributed by atoms with Crippen LogP contribution in [0.25, 0.3) is 11.1 Å². The minimum atomic E-state index is 0.341. The van der Waals surface area contributed by atoms with Crippen molar-refractivity contribution in [1.82, 2.24) is 0 Å². The molecule has 0 bridgehead atoms. The van der Waals surface area contributed by atoms with E-state index in [1.54, 1.807) is 6.07 Å². The second-order valence-corrected chi connectivity index (χ2v) is 5.75. The molecule has 2 heteroatoms. The van der Waals surface area contributed by atoms with Crippen LogP contribution in [0.1, 0.15) is 30.5 Å². The van der Waals surface area contributed by atoms with Gasteiger partial charge in [-0.05, 0) is 61.1 Å². The Kier molecular flexibility index (Phi) is 6.42. The number of aromatic hydroxyl groups is 1. The molecule has 1 N–H and O–H groups in total. The molecule has 0 aromatic heterocycles. The maximum atomic E-state index is 10.1. The van der Waals surface area contributed by atoms with Crippen LogP contribution in [-0.4, -0.2) is 18.3 Å². The lowest BCUT2D eigenvalue weighted by Crippen LogP contribution is -1.99. The van der Waals surface area contributed by atoms with Gasteiger partial charge >= 0.3 is 0 Å². The van der Waals surface area contributed by atoms with Crippen molar-refractivity contribution in [3.05, 3.63) is 65.2 Å². The summed E-state index contributed by atoms with van der Waals surface area (Å²) in [6, 6.07) is 12.4. The lowest BCUT2D eigenvalue weighted by Gasteiger charge is -2.12. The van der Waals surface area contributed by atoms with Gasteiger partial charge in [0.15, 0.2) is 0 Å². The Bertz CT molecular complexity index is 672. The number of allylic oxidation sites excluding steroid dienone is 1. The maximum absolute atomic E-state index is 10.1. The molecule has 2 nitrogen and oxygen atoms in total. The second-order valence-electron chi connectivity index (χ2n) is 5.75. The Hall–Kier alpha value is -2.06. The van der Waals surface area contributed by atoms with Gasteiger partial charge in [0.2, 0.25) is 0 Å². The van der Waals surface area contributed by atoms with E-state index < -0.39 is 0 Å². The third kappa shape index (κ3) is 4.70. The molecular weight excluding hydrogens is 284 g/mol. The molecule has 0 unspecified atom stereocenters. The summed E-state index contributed by atoms with van der Waals surface area (Å²) >= 11 is 0. The van der Waals surface area contributed by atoms with E-state index in [-0.39, 0.29) is 0 Å². The highest BCUT2D eigenvalue weighted by atomic mass is 16.5. The fraction of sp³-hybridized carbons (Fsp3) is 0.333. The maximum Gasteiger partial charge on any atom is 0.118 e. The summed E-state index contributed by atoms with van der Waals surface area (Å²) in [7, 11) is 0. The molecule has 0 aliphatic heterocycles.